The molecule has 30 heavy (non-hydrogen) atoms. The molecule has 5 rings (SSSR count). The number of piperazine rings is 1. The number of amides is 1. The summed E-state index contributed by atoms with van der Waals surface area (Å²) in [5, 5.41) is 3.36. The molecule has 2 heterocycles. The van der Waals surface area contributed by atoms with Gasteiger partial charge in [0, 0.05) is 37.4 Å². The largest absolute Gasteiger partial charge is 0.367 e. The normalized spacial score (nSPS) is 15.7. The summed E-state index contributed by atoms with van der Waals surface area (Å²) in [7, 11) is 0. The SMILES string of the molecule is O=C(CN1CNc2ccccc21)N1CCN(c2ccccc2-c2ccccc2)CC1. The molecule has 2 aliphatic rings. The number of carbonyl (C=O) groups excluding carboxylic acids is 1. The first-order valence-electron chi connectivity index (χ1n) is 10.5. The zero-order chi connectivity index (χ0) is 20.3. The second-order valence-corrected chi connectivity index (χ2v) is 7.80. The van der Waals surface area contributed by atoms with Gasteiger partial charge in [-0.25, -0.2) is 0 Å². The maximum atomic E-state index is 12.9. The number of nitrogens with zero attached hydrogens (tertiary/aromatic N) is 3. The van der Waals surface area contributed by atoms with Gasteiger partial charge in [-0.1, -0.05) is 60.7 Å². The van der Waals surface area contributed by atoms with Gasteiger partial charge in [0.1, 0.15) is 0 Å². The van der Waals surface area contributed by atoms with Gasteiger partial charge < -0.3 is 20.0 Å². The lowest BCUT2D eigenvalue weighted by atomic mass is 10.0. The topological polar surface area (TPSA) is 38.8 Å². The van der Waals surface area contributed by atoms with Crippen molar-refractivity contribution in [3.05, 3.63) is 78.9 Å². The molecule has 0 aliphatic carbocycles. The van der Waals surface area contributed by atoms with Crippen LogP contribution in [0.3, 0.4) is 0 Å². The van der Waals surface area contributed by atoms with E-state index in [4.69, 9.17) is 0 Å². The van der Waals surface area contributed by atoms with Gasteiger partial charge >= 0.3 is 0 Å². The Morgan fingerprint density at radius 3 is 2.23 bits per heavy atom. The second-order valence-electron chi connectivity index (χ2n) is 7.80. The van der Waals surface area contributed by atoms with Gasteiger partial charge in [-0.3, -0.25) is 4.79 Å². The molecule has 1 fully saturated rings. The summed E-state index contributed by atoms with van der Waals surface area (Å²) in [6.07, 6.45) is 0. The fourth-order valence-electron chi connectivity index (χ4n) is 4.38. The van der Waals surface area contributed by atoms with Crippen molar-refractivity contribution in [2.75, 3.05) is 54.5 Å². The van der Waals surface area contributed by atoms with Gasteiger partial charge in [0.15, 0.2) is 0 Å². The van der Waals surface area contributed by atoms with E-state index < -0.39 is 0 Å². The first-order valence-corrected chi connectivity index (χ1v) is 10.5. The van der Waals surface area contributed by atoms with Gasteiger partial charge in [0.05, 0.1) is 24.6 Å². The van der Waals surface area contributed by atoms with Crippen molar-refractivity contribution in [3.63, 3.8) is 0 Å². The quantitative estimate of drug-likeness (QED) is 0.724. The first-order chi connectivity index (χ1) is 14.8. The number of hydrogen-bond donors (Lipinski definition) is 1. The van der Waals surface area contributed by atoms with Crippen molar-refractivity contribution in [3.8, 4) is 11.1 Å². The van der Waals surface area contributed by atoms with Crippen molar-refractivity contribution < 1.29 is 4.79 Å². The summed E-state index contributed by atoms with van der Waals surface area (Å²) < 4.78 is 0. The molecule has 1 N–H and O–H groups in total. The molecule has 0 bridgehead atoms. The van der Waals surface area contributed by atoms with Gasteiger partial charge in [0.25, 0.3) is 0 Å². The van der Waals surface area contributed by atoms with E-state index in [2.05, 4.69) is 75.8 Å². The number of benzene rings is 3. The predicted octanol–water partition coefficient (Wildman–Crippen LogP) is 3.89. The number of para-hydroxylation sites is 3. The van der Waals surface area contributed by atoms with Crippen molar-refractivity contribution in [1.82, 2.24) is 4.90 Å². The Morgan fingerprint density at radius 1 is 0.767 bits per heavy atom. The van der Waals surface area contributed by atoms with Gasteiger partial charge in [-0.15, -0.1) is 0 Å². The highest BCUT2D eigenvalue weighted by atomic mass is 16.2. The van der Waals surface area contributed by atoms with Crippen LogP contribution in [0.4, 0.5) is 17.1 Å². The van der Waals surface area contributed by atoms with Crippen LogP contribution in [0.25, 0.3) is 11.1 Å². The highest BCUT2D eigenvalue weighted by Gasteiger charge is 2.26. The summed E-state index contributed by atoms with van der Waals surface area (Å²) in [6, 6.07) is 27.2. The Morgan fingerprint density at radius 2 is 1.43 bits per heavy atom. The fraction of sp³-hybridized carbons (Fsp3) is 0.240. The Hall–Kier alpha value is -3.47. The van der Waals surface area contributed by atoms with Crippen LogP contribution in [-0.2, 0) is 4.79 Å². The molecule has 0 atom stereocenters. The molecule has 1 saturated heterocycles. The van der Waals surface area contributed by atoms with Crippen molar-refractivity contribution in [1.29, 1.82) is 0 Å². The molecule has 0 saturated carbocycles. The average Bonchev–Trinajstić information content (AvgIpc) is 3.22. The fourth-order valence-corrected chi connectivity index (χ4v) is 4.38. The summed E-state index contributed by atoms with van der Waals surface area (Å²) >= 11 is 0. The van der Waals surface area contributed by atoms with Crippen molar-refractivity contribution >= 4 is 23.0 Å². The van der Waals surface area contributed by atoms with E-state index >= 15 is 0 Å². The summed E-state index contributed by atoms with van der Waals surface area (Å²) in [5.74, 6) is 0.199. The molecular weight excluding hydrogens is 372 g/mol. The van der Waals surface area contributed by atoms with Gasteiger partial charge in [-0.2, -0.15) is 0 Å². The minimum atomic E-state index is 0.199. The van der Waals surface area contributed by atoms with E-state index in [1.165, 1.54) is 16.8 Å². The molecule has 0 unspecified atom stereocenters. The van der Waals surface area contributed by atoms with E-state index in [0.717, 1.165) is 37.6 Å². The van der Waals surface area contributed by atoms with Crippen LogP contribution < -0.4 is 15.1 Å². The lowest BCUT2D eigenvalue weighted by Crippen LogP contribution is -2.51. The first kappa shape index (κ1) is 18.6. The molecule has 152 valence electrons. The lowest BCUT2D eigenvalue weighted by Gasteiger charge is -2.37. The van der Waals surface area contributed by atoms with Crippen LogP contribution >= 0.6 is 0 Å². The third-order valence-corrected chi connectivity index (χ3v) is 5.99. The minimum absolute atomic E-state index is 0.199. The van der Waals surface area contributed by atoms with Crippen LogP contribution in [0.5, 0.6) is 0 Å². The molecule has 1 amide bonds. The number of fused-ring (bicyclic) bond motifs is 1. The highest BCUT2D eigenvalue weighted by molar-refractivity contribution is 5.86. The summed E-state index contributed by atoms with van der Waals surface area (Å²) in [4.78, 5) is 19.5. The van der Waals surface area contributed by atoms with Crippen molar-refractivity contribution in [2.45, 2.75) is 0 Å². The number of anilines is 3. The van der Waals surface area contributed by atoms with Crippen LogP contribution in [0, 0.1) is 0 Å². The van der Waals surface area contributed by atoms with Crippen LogP contribution in [-0.4, -0.2) is 50.2 Å². The molecule has 0 radical (unpaired) electrons. The Bertz CT molecular complexity index is 1030. The number of nitrogens with one attached hydrogen (secondary N) is 1. The van der Waals surface area contributed by atoms with E-state index in [1.54, 1.807) is 0 Å². The van der Waals surface area contributed by atoms with Crippen molar-refractivity contribution in [2.24, 2.45) is 0 Å². The number of carbonyl (C=O) groups is 1. The zero-order valence-corrected chi connectivity index (χ0v) is 17.0. The molecule has 3 aromatic carbocycles. The highest BCUT2D eigenvalue weighted by Crippen LogP contribution is 2.32. The summed E-state index contributed by atoms with van der Waals surface area (Å²) in [5.41, 5.74) is 5.94. The van der Waals surface area contributed by atoms with Gasteiger partial charge in [-0.05, 0) is 23.8 Å². The summed E-state index contributed by atoms with van der Waals surface area (Å²) in [6.45, 7) is 4.32. The third kappa shape index (κ3) is 3.59. The second kappa shape index (κ2) is 8.11. The van der Waals surface area contributed by atoms with Gasteiger partial charge in [0.2, 0.25) is 5.91 Å². The number of rotatable bonds is 4. The average molecular weight is 399 g/mol. The zero-order valence-electron chi connectivity index (χ0n) is 17.0. The monoisotopic (exact) mass is 398 g/mol. The maximum absolute atomic E-state index is 12.9. The Balaban J connectivity index is 1.24. The van der Waals surface area contributed by atoms with E-state index in [1.807, 2.05) is 23.1 Å². The van der Waals surface area contributed by atoms with Crippen LogP contribution in [0.15, 0.2) is 78.9 Å². The lowest BCUT2D eigenvalue weighted by molar-refractivity contribution is -0.130. The molecule has 5 nitrogen and oxygen atoms in total. The molecule has 3 aromatic rings. The Labute approximate surface area is 177 Å². The van der Waals surface area contributed by atoms with Crippen LogP contribution in [0.1, 0.15) is 0 Å². The Kier molecular flexibility index (Phi) is 5.01. The molecule has 5 heteroatoms. The van der Waals surface area contributed by atoms with E-state index in [9.17, 15) is 4.79 Å². The van der Waals surface area contributed by atoms with E-state index in [0.29, 0.717) is 13.2 Å². The smallest absolute Gasteiger partial charge is 0.242 e. The van der Waals surface area contributed by atoms with Crippen LogP contribution in [0.2, 0.25) is 0 Å². The predicted molar refractivity (Wildman–Crippen MR) is 123 cm³/mol. The maximum Gasteiger partial charge on any atom is 0.242 e. The molecule has 2 aliphatic heterocycles. The molecule has 0 aromatic heterocycles. The molecular formula is C25H26N4O. The number of hydrogen-bond acceptors (Lipinski definition) is 4. The third-order valence-electron chi connectivity index (χ3n) is 5.99. The molecule has 0 spiro atoms. The standard InChI is InChI=1S/C25H26N4O/c30-25(18-29-19-26-22-11-5-7-13-24(22)29)28-16-14-27(15-17-28)23-12-6-4-10-21(23)20-8-2-1-3-9-20/h1-13,26H,14-19H2. The van der Waals surface area contributed by atoms with E-state index in [-0.39, 0.29) is 5.91 Å². The minimum Gasteiger partial charge on any atom is -0.367 e.